The lowest BCUT2D eigenvalue weighted by atomic mass is 9.99. The van der Waals surface area contributed by atoms with Crippen molar-refractivity contribution in [3.8, 4) is 0 Å². The average molecular weight is 288 g/mol. The van der Waals surface area contributed by atoms with Gasteiger partial charge < -0.3 is 10.1 Å². The summed E-state index contributed by atoms with van der Waals surface area (Å²) in [4.78, 5) is 0. The lowest BCUT2D eigenvalue weighted by molar-refractivity contribution is 0.0651. The maximum atomic E-state index is 13.9. The Morgan fingerprint density at radius 1 is 1.37 bits per heavy atom. The first-order chi connectivity index (χ1) is 9.12. The van der Waals surface area contributed by atoms with E-state index in [0.29, 0.717) is 17.0 Å². The largest absolute Gasteiger partial charge is 0.380 e. The summed E-state index contributed by atoms with van der Waals surface area (Å²) in [5, 5.41) is 3.87. The number of ether oxygens (including phenoxy) is 1. The highest BCUT2D eigenvalue weighted by Gasteiger charge is 2.20. The van der Waals surface area contributed by atoms with Gasteiger partial charge in [0.2, 0.25) is 0 Å². The van der Waals surface area contributed by atoms with Gasteiger partial charge in [-0.15, -0.1) is 0 Å². The molecule has 0 aliphatic rings. The molecule has 1 rings (SSSR count). The molecule has 0 fully saturated rings. The molecule has 2 unspecified atom stereocenters. The Labute approximate surface area is 120 Å². The third-order valence-corrected chi connectivity index (χ3v) is 3.50. The zero-order valence-corrected chi connectivity index (χ0v) is 12.6. The van der Waals surface area contributed by atoms with Crippen LogP contribution >= 0.6 is 11.6 Å². The quantitative estimate of drug-likeness (QED) is 0.785. The van der Waals surface area contributed by atoms with Crippen molar-refractivity contribution in [2.45, 2.75) is 45.3 Å². The highest BCUT2D eigenvalue weighted by Crippen LogP contribution is 2.18. The van der Waals surface area contributed by atoms with Crippen LogP contribution in [0.1, 0.15) is 32.3 Å². The molecule has 1 aromatic carbocycles. The fourth-order valence-corrected chi connectivity index (χ4v) is 2.36. The second-order valence-electron chi connectivity index (χ2n) is 4.68. The molecular formula is C15H23ClFNO. The van der Waals surface area contributed by atoms with Crippen molar-refractivity contribution in [2.24, 2.45) is 0 Å². The van der Waals surface area contributed by atoms with Crippen LogP contribution in [-0.2, 0) is 11.2 Å². The average Bonchev–Trinajstić information content (AvgIpc) is 2.39. The molecule has 4 heteroatoms. The number of rotatable bonds is 8. The van der Waals surface area contributed by atoms with Crippen LogP contribution in [0.5, 0.6) is 0 Å². The summed E-state index contributed by atoms with van der Waals surface area (Å²) in [6.45, 7) is 5.09. The maximum Gasteiger partial charge on any atom is 0.127 e. The Morgan fingerprint density at radius 3 is 2.63 bits per heavy atom. The SMILES string of the molecule is CCCNC(Cc1ccc(Cl)cc1F)C(CC)OC. The first-order valence-corrected chi connectivity index (χ1v) is 7.20. The lowest BCUT2D eigenvalue weighted by Crippen LogP contribution is -2.42. The molecule has 1 N–H and O–H groups in total. The van der Waals surface area contributed by atoms with Gasteiger partial charge in [0.05, 0.1) is 6.10 Å². The van der Waals surface area contributed by atoms with Gasteiger partial charge in [0, 0.05) is 18.2 Å². The normalized spacial score (nSPS) is 14.4. The highest BCUT2D eigenvalue weighted by atomic mass is 35.5. The van der Waals surface area contributed by atoms with Crippen LogP contribution in [0.2, 0.25) is 5.02 Å². The molecule has 2 atom stereocenters. The van der Waals surface area contributed by atoms with E-state index < -0.39 is 0 Å². The Balaban J connectivity index is 2.80. The van der Waals surface area contributed by atoms with Gasteiger partial charge in [0.15, 0.2) is 0 Å². The minimum Gasteiger partial charge on any atom is -0.380 e. The van der Waals surface area contributed by atoms with Crippen LogP contribution in [0.3, 0.4) is 0 Å². The molecule has 1 aromatic rings. The molecule has 108 valence electrons. The Bertz CT molecular complexity index is 382. The van der Waals surface area contributed by atoms with Gasteiger partial charge >= 0.3 is 0 Å². The molecule has 0 saturated heterocycles. The van der Waals surface area contributed by atoms with Crippen molar-refractivity contribution in [2.75, 3.05) is 13.7 Å². The van der Waals surface area contributed by atoms with E-state index in [0.717, 1.165) is 19.4 Å². The molecule has 2 nitrogen and oxygen atoms in total. The Hall–Kier alpha value is -0.640. The Morgan fingerprint density at radius 2 is 2.11 bits per heavy atom. The number of nitrogens with one attached hydrogen (secondary N) is 1. The van der Waals surface area contributed by atoms with Gasteiger partial charge in [-0.1, -0.05) is 31.5 Å². The van der Waals surface area contributed by atoms with Crippen molar-refractivity contribution in [3.63, 3.8) is 0 Å². The predicted molar refractivity (Wildman–Crippen MR) is 78.3 cm³/mol. The van der Waals surface area contributed by atoms with Crippen LogP contribution in [0.25, 0.3) is 0 Å². The van der Waals surface area contributed by atoms with Crippen molar-refractivity contribution >= 4 is 11.6 Å². The molecule has 0 heterocycles. The van der Waals surface area contributed by atoms with Gasteiger partial charge in [0.25, 0.3) is 0 Å². The molecule has 0 aliphatic carbocycles. The summed E-state index contributed by atoms with van der Waals surface area (Å²) in [7, 11) is 1.70. The monoisotopic (exact) mass is 287 g/mol. The van der Waals surface area contributed by atoms with E-state index in [9.17, 15) is 4.39 Å². The zero-order valence-electron chi connectivity index (χ0n) is 11.9. The van der Waals surface area contributed by atoms with Gasteiger partial charge in [-0.2, -0.15) is 0 Å². The van der Waals surface area contributed by atoms with E-state index in [2.05, 4.69) is 19.2 Å². The van der Waals surface area contributed by atoms with E-state index in [-0.39, 0.29) is 18.0 Å². The number of halogens is 2. The van der Waals surface area contributed by atoms with Crippen LogP contribution in [0.15, 0.2) is 18.2 Å². The van der Waals surface area contributed by atoms with Gasteiger partial charge in [-0.3, -0.25) is 0 Å². The molecule has 0 aromatic heterocycles. The summed E-state index contributed by atoms with van der Waals surface area (Å²) in [6, 6.07) is 4.96. The van der Waals surface area contributed by atoms with E-state index in [1.165, 1.54) is 6.07 Å². The molecule has 0 spiro atoms. The van der Waals surface area contributed by atoms with Gasteiger partial charge in [0.1, 0.15) is 5.82 Å². The highest BCUT2D eigenvalue weighted by molar-refractivity contribution is 6.30. The summed E-state index contributed by atoms with van der Waals surface area (Å²) in [6.07, 6.45) is 2.63. The zero-order chi connectivity index (χ0) is 14.3. The van der Waals surface area contributed by atoms with Crippen LogP contribution in [0.4, 0.5) is 4.39 Å². The van der Waals surface area contributed by atoms with E-state index in [1.54, 1.807) is 19.2 Å². The second kappa shape index (κ2) is 8.51. The van der Waals surface area contributed by atoms with Gasteiger partial charge in [-0.05, 0) is 43.5 Å². The molecule has 0 amide bonds. The number of benzene rings is 1. The first kappa shape index (κ1) is 16.4. The van der Waals surface area contributed by atoms with Crippen LogP contribution in [-0.4, -0.2) is 25.8 Å². The molecule has 0 saturated carbocycles. The fourth-order valence-electron chi connectivity index (χ4n) is 2.20. The molecular weight excluding hydrogens is 265 g/mol. The Kier molecular flexibility index (Phi) is 7.36. The molecule has 0 aliphatic heterocycles. The van der Waals surface area contributed by atoms with Crippen LogP contribution < -0.4 is 5.32 Å². The minimum absolute atomic E-state index is 0.0848. The van der Waals surface area contributed by atoms with Crippen molar-refractivity contribution in [3.05, 3.63) is 34.6 Å². The van der Waals surface area contributed by atoms with Crippen molar-refractivity contribution < 1.29 is 9.13 Å². The van der Waals surface area contributed by atoms with Crippen LogP contribution in [0, 0.1) is 5.82 Å². The second-order valence-corrected chi connectivity index (χ2v) is 5.12. The summed E-state index contributed by atoms with van der Waals surface area (Å²) in [5.74, 6) is -0.248. The van der Waals surface area contributed by atoms with Crippen molar-refractivity contribution in [1.82, 2.24) is 5.32 Å². The van der Waals surface area contributed by atoms with E-state index in [4.69, 9.17) is 16.3 Å². The maximum absolute atomic E-state index is 13.9. The summed E-state index contributed by atoms with van der Waals surface area (Å²) in [5.41, 5.74) is 0.675. The van der Waals surface area contributed by atoms with Crippen molar-refractivity contribution in [1.29, 1.82) is 0 Å². The molecule has 0 bridgehead atoms. The first-order valence-electron chi connectivity index (χ1n) is 6.82. The molecule has 19 heavy (non-hydrogen) atoms. The standard InChI is InChI=1S/C15H23ClFNO/c1-4-8-18-14(15(5-2)19-3)9-11-6-7-12(16)10-13(11)17/h6-7,10,14-15,18H,4-5,8-9H2,1-3H3. The minimum atomic E-state index is -0.248. The number of hydrogen-bond donors (Lipinski definition) is 1. The number of methoxy groups -OCH3 is 1. The summed E-state index contributed by atoms with van der Waals surface area (Å²) < 4.78 is 19.3. The van der Waals surface area contributed by atoms with E-state index >= 15 is 0 Å². The summed E-state index contributed by atoms with van der Waals surface area (Å²) >= 11 is 5.77. The lowest BCUT2D eigenvalue weighted by Gasteiger charge is -2.26. The third-order valence-electron chi connectivity index (χ3n) is 3.27. The topological polar surface area (TPSA) is 21.3 Å². The smallest absolute Gasteiger partial charge is 0.127 e. The number of hydrogen-bond acceptors (Lipinski definition) is 2. The van der Waals surface area contributed by atoms with Gasteiger partial charge in [-0.25, -0.2) is 4.39 Å². The fraction of sp³-hybridized carbons (Fsp3) is 0.600. The predicted octanol–water partition coefficient (Wildman–Crippen LogP) is 3.81. The molecule has 0 radical (unpaired) electrons. The van der Waals surface area contributed by atoms with E-state index in [1.807, 2.05) is 0 Å². The third kappa shape index (κ3) is 5.09.